The zero-order valence-corrected chi connectivity index (χ0v) is 12.2. The summed E-state index contributed by atoms with van der Waals surface area (Å²) in [4.78, 5) is 27.6. The maximum atomic E-state index is 12.2. The molecule has 0 N–H and O–H groups in total. The van der Waals surface area contributed by atoms with Crippen molar-refractivity contribution in [1.82, 2.24) is 9.55 Å². The number of Topliss-reactive ketones (excluding diaryl/α,β-unsaturated/α-hetero) is 1. The zero-order chi connectivity index (χ0) is 15.4. The van der Waals surface area contributed by atoms with Gasteiger partial charge in [0.15, 0.2) is 0 Å². The molecule has 0 aliphatic heterocycles. The van der Waals surface area contributed by atoms with Crippen LogP contribution in [0.5, 0.6) is 0 Å². The van der Waals surface area contributed by atoms with Crippen molar-refractivity contribution in [3.05, 3.63) is 42.0 Å². The lowest BCUT2D eigenvalue weighted by Gasteiger charge is -2.11. The smallest absolute Gasteiger partial charge is 0.337 e. The molecule has 0 unspecified atom stereocenters. The molecular formula is C14H16BN3O3. The fraction of sp³-hybridized carbons (Fsp3) is 0.286. The van der Waals surface area contributed by atoms with Gasteiger partial charge in [0.25, 0.3) is 0 Å². The van der Waals surface area contributed by atoms with Gasteiger partial charge in [0.1, 0.15) is 23.9 Å². The quantitative estimate of drug-likeness (QED) is 0.326. The lowest BCUT2D eigenvalue weighted by molar-refractivity contribution is -0.653. The van der Waals surface area contributed by atoms with E-state index in [1.54, 1.807) is 0 Å². The Morgan fingerprint density at radius 1 is 1.48 bits per heavy atom. The predicted molar refractivity (Wildman–Crippen MR) is 76.7 cm³/mol. The lowest BCUT2D eigenvalue weighted by Crippen LogP contribution is -2.49. The molecule has 0 aromatic carbocycles. The molecule has 2 aromatic rings. The van der Waals surface area contributed by atoms with Gasteiger partial charge in [-0.05, 0) is 12.1 Å². The van der Waals surface area contributed by atoms with Crippen molar-refractivity contribution in [2.24, 2.45) is 14.1 Å². The van der Waals surface area contributed by atoms with Gasteiger partial charge in [0.05, 0.1) is 26.8 Å². The largest absolute Gasteiger partial charge is 0.465 e. The van der Waals surface area contributed by atoms with Crippen LogP contribution in [-0.2, 0) is 18.8 Å². The summed E-state index contributed by atoms with van der Waals surface area (Å²) in [5.74, 6) is -0.633. The lowest BCUT2D eigenvalue weighted by atomic mass is 9.71. The van der Waals surface area contributed by atoms with E-state index in [-0.39, 0.29) is 17.8 Å². The van der Waals surface area contributed by atoms with Crippen molar-refractivity contribution in [3.63, 3.8) is 0 Å². The fourth-order valence-corrected chi connectivity index (χ4v) is 2.01. The molecule has 108 valence electrons. The Balaban J connectivity index is 2.09. The summed E-state index contributed by atoms with van der Waals surface area (Å²) in [6.45, 7) is 0. The molecule has 7 heteroatoms. The van der Waals surface area contributed by atoms with Crippen molar-refractivity contribution >= 4 is 24.8 Å². The number of hydrogen-bond donors (Lipinski definition) is 0. The van der Waals surface area contributed by atoms with Crippen LogP contribution in [0.15, 0.2) is 30.7 Å². The number of aromatic nitrogens is 3. The van der Waals surface area contributed by atoms with Gasteiger partial charge in [0, 0.05) is 11.9 Å². The normalized spacial score (nSPS) is 10.4. The monoisotopic (exact) mass is 285 g/mol. The number of hydrogen-bond acceptors (Lipinski definition) is 4. The number of methoxy groups -OCH3 is 1. The highest BCUT2D eigenvalue weighted by Crippen LogP contribution is 2.06. The van der Waals surface area contributed by atoms with Crippen LogP contribution in [0, 0.1) is 0 Å². The molecule has 2 rings (SSSR count). The summed E-state index contributed by atoms with van der Waals surface area (Å²) in [6.07, 6.45) is 5.46. The van der Waals surface area contributed by atoms with E-state index in [0.29, 0.717) is 5.56 Å². The van der Waals surface area contributed by atoms with E-state index in [4.69, 9.17) is 0 Å². The van der Waals surface area contributed by atoms with Gasteiger partial charge in [0.2, 0.25) is 0 Å². The molecule has 0 fully saturated rings. The highest BCUT2D eigenvalue weighted by atomic mass is 16.5. The van der Waals surface area contributed by atoms with Gasteiger partial charge in [-0.2, -0.15) is 13.6 Å². The Morgan fingerprint density at radius 3 is 2.86 bits per heavy atom. The van der Waals surface area contributed by atoms with E-state index < -0.39 is 5.97 Å². The number of aryl methyl sites for hydroxylation is 2. The average molecular weight is 285 g/mol. The predicted octanol–water partition coefficient (Wildman–Crippen LogP) is -0.338. The van der Waals surface area contributed by atoms with Crippen LogP contribution in [0.2, 0.25) is 6.32 Å². The molecule has 6 nitrogen and oxygen atoms in total. The summed E-state index contributed by atoms with van der Waals surface area (Å²) in [5.41, 5.74) is 1.50. The second-order valence-corrected chi connectivity index (χ2v) is 4.63. The number of imidazole rings is 1. The van der Waals surface area contributed by atoms with Crippen LogP contribution >= 0.6 is 0 Å². The van der Waals surface area contributed by atoms with Crippen LogP contribution in [0.3, 0.4) is 0 Å². The third-order valence-electron chi connectivity index (χ3n) is 3.17. The summed E-state index contributed by atoms with van der Waals surface area (Å²) in [7, 11) is 6.95. The van der Waals surface area contributed by atoms with Gasteiger partial charge in [-0.25, -0.2) is 4.79 Å². The number of nitrogens with zero attached hydrogens (tertiary/aromatic N) is 3. The topological polar surface area (TPSA) is 65.1 Å². The van der Waals surface area contributed by atoms with Gasteiger partial charge in [-0.15, -0.1) is 0 Å². The van der Waals surface area contributed by atoms with E-state index in [1.807, 2.05) is 42.9 Å². The Bertz CT molecular complexity index is 662. The third-order valence-corrected chi connectivity index (χ3v) is 3.17. The molecule has 2 radical (unpaired) electrons. The standard InChI is InChI=1S/C14H16BN3O3/c1-17-6-7-18(2)14(17)15-9-12(19)11-8-10(4-5-16-11)13(20)21-3/h4-8H,9H2,1-3H3. The minimum atomic E-state index is -0.482. The van der Waals surface area contributed by atoms with Crippen molar-refractivity contribution in [3.8, 4) is 0 Å². The molecule has 0 amide bonds. The first kappa shape index (κ1) is 15.0. The minimum Gasteiger partial charge on any atom is -0.465 e. The van der Waals surface area contributed by atoms with Crippen molar-refractivity contribution in [1.29, 1.82) is 0 Å². The first-order valence-electron chi connectivity index (χ1n) is 6.44. The van der Waals surface area contributed by atoms with Gasteiger partial charge >= 0.3 is 5.97 Å². The Kier molecular flexibility index (Phi) is 4.52. The first-order valence-corrected chi connectivity index (χ1v) is 6.44. The van der Waals surface area contributed by atoms with E-state index >= 15 is 0 Å². The van der Waals surface area contributed by atoms with E-state index in [9.17, 15) is 9.59 Å². The van der Waals surface area contributed by atoms with Crippen LogP contribution in [0.25, 0.3) is 0 Å². The second kappa shape index (κ2) is 6.34. The highest BCUT2D eigenvalue weighted by Gasteiger charge is 2.10. The van der Waals surface area contributed by atoms with Crippen molar-refractivity contribution in [2.75, 3.05) is 7.11 Å². The molecular weight excluding hydrogens is 269 g/mol. The molecule has 0 saturated heterocycles. The maximum absolute atomic E-state index is 12.2. The number of carbonyl (C=O) groups is 2. The molecule has 0 saturated carbocycles. The molecule has 0 atom stereocenters. The number of ether oxygens (including phenoxy) is 1. The van der Waals surface area contributed by atoms with Crippen LogP contribution in [-0.4, -0.2) is 35.7 Å². The van der Waals surface area contributed by atoms with Gasteiger partial charge in [-0.1, -0.05) is 0 Å². The van der Waals surface area contributed by atoms with E-state index in [1.165, 1.54) is 25.4 Å². The van der Waals surface area contributed by atoms with Crippen LogP contribution in [0.1, 0.15) is 20.8 Å². The summed E-state index contributed by atoms with van der Waals surface area (Å²) >= 11 is 0. The molecule has 2 heterocycles. The molecule has 0 aliphatic rings. The Labute approximate surface area is 123 Å². The molecule has 0 aliphatic carbocycles. The zero-order valence-electron chi connectivity index (χ0n) is 12.2. The third kappa shape index (κ3) is 3.36. The fourth-order valence-electron chi connectivity index (χ4n) is 2.01. The summed E-state index contributed by atoms with van der Waals surface area (Å²) in [5, 5.41) is 0. The SMILES string of the molecule is COC(=O)c1ccnc(C(=O)C[B-]c2n(C)cc[n+]2C)c1. The van der Waals surface area contributed by atoms with Crippen LogP contribution in [0.4, 0.5) is 0 Å². The molecule has 21 heavy (non-hydrogen) atoms. The number of rotatable bonds is 5. The Hall–Kier alpha value is -2.44. The summed E-state index contributed by atoms with van der Waals surface area (Å²) < 4.78 is 8.47. The van der Waals surface area contributed by atoms with Crippen molar-refractivity contribution < 1.29 is 18.9 Å². The van der Waals surface area contributed by atoms with Gasteiger partial charge < -0.3 is 4.74 Å². The van der Waals surface area contributed by atoms with Gasteiger partial charge in [-0.3, -0.25) is 18.9 Å². The van der Waals surface area contributed by atoms with Crippen molar-refractivity contribution in [2.45, 2.75) is 6.32 Å². The molecule has 2 aromatic heterocycles. The Morgan fingerprint density at radius 2 is 2.24 bits per heavy atom. The molecule has 0 spiro atoms. The maximum Gasteiger partial charge on any atom is 0.337 e. The highest BCUT2D eigenvalue weighted by molar-refractivity contribution is 6.55. The average Bonchev–Trinajstić information content (AvgIpc) is 2.83. The number of carbonyl (C=O) groups excluding carboxylic acids is 2. The number of esters is 1. The van der Waals surface area contributed by atoms with Crippen LogP contribution < -0.4 is 10.3 Å². The first-order chi connectivity index (χ1) is 10.0. The number of pyridine rings is 1. The van der Waals surface area contributed by atoms with E-state index in [0.717, 1.165) is 5.72 Å². The van der Waals surface area contributed by atoms with E-state index in [2.05, 4.69) is 9.72 Å². The minimum absolute atomic E-state index is 0.151. The number of ketones is 1. The second-order valence-electron chi connectivity index (χ2n) is 4.63. The molecule has 0 bridgehead atoms. The summed E-state index contributed by atoms with van der Waals surface area (Å²) in [6, 6.07) is 2.97.